The monoisotopic (exact) mass is 398 g/mol. The molecule has 0 spiro atoms. The number of aromatic nitrogens is 3. The van der Waals surface area contributed by atoms with E-state index in [1.807, 2.05) is 67.8 Å². The average Bonchev–Trinajstić information content (AvgIpc) is 3.24. The highest BCUT2D eigenvalue weighted by Gasteiger charge is 2.08. The third-order valence-corrected chi connectivity index (χ3v) is 4.84. The number of ether oxygens (including phenoxy) is 1. The summed E-state index contributed by atoms with van der Waals surface area (Å²) < 4.78 is 7.03. The zero-order valence-corrected chi connectivity index (χ0v) is 16.9. The van der Waals surface area contributed by atoms with E-state index < -0.39 is 0 Å². The second-order valence-electron chi connectivity index (χ2n) is 6.98. The number of nitrogens with zero attached hydrogens (tertiary/aromatic N) is 3. The summed E-state index contributed by atoms with van der Waals surface area (Å²) in [6.07, 6.45) is 7.28. The molecule has 0 unspecified atom stereocenters. The van der Waals surface area contributed by atoms with Crippen molar-refractivity contribution in [2.75, 3.05) is 7.11 Å². The van der Waals surface area contributed by atoms with Gasteiger partial charge in [-0.25, -0.2) is 0 Å². The van der Waals surface area contributed by atoms with Gasteiger partial charge in [0, 0.05) is 48.9 Å². The molecule has 2 heterocycles. The molecule has 30 heavy (non-hydrogen) atoms. The zero-order chi connectivity index (χ0) is 20.9. The largest absolute Gasteiger partial charge is 0.497 e. The summed E-state index contributed by atoms with van der Waals surface area (Å²) in [4.78, 5) is 16.8. The summed E-state index contributed by atoms with van der Waals surface area (Å²) in [5, 5.41) is 7.14. The maximum absolute atomic E-state index is 12.6. The van der Waals surface area contributed by atoms with Gasteiger partial charge in [-0.1, -0.05) is 24.3 Å². The lowest BCUT2D eigenvalue weighted by molar-refractivity contribution is 0.0951. The summed E-state index contributed by atoms with van der Waals surface area (Å²) in [6, 6.07) is 17.4. The minimum Gasteiger partial charge on any atom is -0.497 e. The molecule has 4 aromatic rings. The molecular formula is C24H22N4O2. The van der Waals surface area contributed by atoms with E-state index in [-0.39, 0.29) is 5.91 Å². The molecule has 0 aliphatic carbocycles. The first-order valence-electron chi connectivity index (χ1n) is 9.58. The molecule has 0 radical (unpaired) electrons. The Hall–Kier alpha value is -3.93. The van der Waals surface area contributed by atoms with Crippen molar-refractivity contribution >= 4 is 5.91 Å². The van der Waals surface area contributed by atoms with Crippen molar-refractivity contribution in [3.63, 3.8) is 0 Å². The molecule has 2 aromatic heterocycles. The average molecular weight is 398 g/mol. The van der Waals surface area contributed by atoms with E-state index in [0.29, 0.717) is 12.1 Å². The summed E-state index contributed by atoms with van der Waals surface area (Å²) >= 11 is 0. The number of carbonyl (C=O) groups is 1. The molecule has 2 aromatic carbocycles. The summed E-state index contributed by atoms with van der Waals surface area (Å²) in [7, 11) is 3.52. The number of nitrogens with one attached hydrogen (secondary N) is 1. The number of carbonyl (C=O) groups excluding carboxylic acids is 1. The Balaban J connectivity index is 1.42. The molecule has 0 aliphatic heterocycles. The third kappa shape index (κ3) is 4.38. The number of pyridine rings is 1. The van der Waals surface area contributed by atoms with Crippen molar-refractivity contribution in [2.24, 2.45) is 7.05 Å². The lowest BCUT2D eigenvalue weighted by Gasteiger charge is -2.08. The first kappa shape index (κ1) is 19.4. The van der Waals surface area contributed by atoms with Crippen LogP contribution in [-0.4, -0.2) is 27.8 Å². The van der Waals surface area contributed by atoms with Crippen LogP contribution in [0.25, 0.3) is 22.3 Å². The fourth-order valence-electron chi connectivity index (χ4n) is 3.21. The fraction of sp³-hybridized carbons (Fsp3) is 0.125. The van der Waals surface area contributed by atoms with Crippen LogP contribution in [-0.2, 0) is 13.6 Å². The van der Waals surface area contributed by atoms with Gasteiger partial charge in [0.05, 0.1) is 13.3 Å². The maximum Gasteiger partial charge on any atom is 0.251 e. The van der Waals surface area contributed by atoms with Crippen LogP contribution in [0.15, 0.2) is 79.4 Å². The Morgan fingerprint density at radius 2 is 1.80 bits per heavy atom. The van der Waals surface area contributed by atoms with Crippen molar-refractivity contribution in [2.45, 2.75) is 6.54 Å². The first-order valence-corrected chi connectivity index (χ1v) is 9.58. The van der Waals surface area contributed by atoms with Gasteiger partial charge in [-0.2, -0.15) is 5.10 Å². The molecule has 6 nitrogen and oxygen atoms in total. The van der Waals surface area contributed by atoms with E-state index >= 15 is 0 Å². The Bertz CT molecular complexity index is 1170. The smallest absolute Gasteiger partial charge is 0.251 e. The highest BCUT2D eigenvalue weighted by Crippen LogP contribution is 2.24. The van der Waals surface area contributed by atoms with Crippen molar-refractivity contribution in [3.05, 3.63) is 90.5 Å². The third-order valence-electron chi connectivity index (χ3n) is 4.84. The van der Waals surface area contributed by atoms with E-state index in [9.17, 15) is 4.79 Å². The molecule has 0 atom stereocenters. The number of benzene rings is 2. The summed E-state index contributed by atoms with van der Waals surface area (Å²) in [6.45, 7) is 0.400. The molecule has 6 heteroatoms. The van der Waals surface area contributed by atoms with Crippen LogP contribution in [0.5, 0.6) is 5.75 Å². The van der Waals surface area contributed by atoms with Gasteiger partial charge in [0.2, 0.25) is 0 Å². The molecule has 4 rings (SSSR count). The number of hydrogen-bond acceptors (Lipinski definition) is 4. The Kier molecular flexibility index (Phi) is 5.57. The highest BCUT2D eigenvalue weighted by atomic mass is 16.5. The van der Waals surface area contributed by atoms with Crippen molar-refractivity contribution < 1.29 is 9.53 Å². The van der Waals surface area contributed by atoms with Gasteiger partial charge in [0.15, 0.2) is 0 Å². The number of rotatable bonds is 6. The molecule has 0 bridgehead atoms. The molecule has 0 fully saturated rings. The standard InChI is InChI=1S/C24H22N4O2/c1-28-16-22(15-27-28)21-10-17(12-25-14-21)13-26-24(29)19-8-6-18(7-9-19)20-4-3-5-23(11-20)30-2/h3-12,14-16H,13H2,1-2H3,(H,26,29). The summed E-state index contributed by atoms with van der Waals surface area (Å²) in [5.74, 6) is 0.676. The Labute approximate surface area is 175 Å². The second-order valence-corrected chi connectivity index (χ2v) is 6.98. The number of methoxy groups -OCH3 is 1. The van der Waals surface area contributed by atoms with E-state index in [4.69, 9.17) is 4.74 Å². The first-order chi connectivity index (χ1) is 14.6. The lowest BCUT2D eigenvalue weighted by Crippen LogP contribution is -2.22. The van der Waals surface area contributed by atoms with E-state index in [1.54, 1.807) is 30.4 Å². The molecule has 0 aliphatic rings. The van der Waals surface area contributed by atoms with Gasteiger partial charge >= 0.3 is 0 Å². The molecule has 0 saturated heterocycles. The van der Waals surface area contributed by atoms with Crippen LogP contribution >= 0.6 is 0 Å². The SMILES string of the molecule is COc1cccc(-c2ccc(C(=O)NCc3cncc(-c4cnn(C)c4)c3)cc2)c1. The predicted molar refractivity (Wildman–Crippen MR) is 116 cm³/mol. The molecular weight excluding hydrogens is 376 g/mol. The number of hydrogen-bond donors (Lipinski definition) is 1. The maximum atomic E-state index is 12.6. The van der Waals surface area contributed by atoms with Crippen LogP contribution in [0.2, 0.25) is 0 Å². The zero-order valence-electron chi connectivity index (χ0n) is 16.9. The topological polar surface area (TPSA) is 69.0 Å². The second kappa shape index (κ2) is 8.61. The van der Waals surface area contributed by atoms with Crippen molar-refractivity contribution in [3.8, 4) is 28.0 Å². The molecule has 1 N–H and O–H groups in total. The normalized spacial score (nSPS) is 10.6. The highest BCUT2D eigenvalue weighted by molar-refractivity contribution is 5.94. The molecule has 150 valence electrons. The van der Waals surface area contributed by atoms with Crippen molar-refractivity contribution in [1.82, 2.24) is 20.1 Å². The van der Waals surface area contributed by atoms with E-state index in [1.165, 1.54) is 0 Å². The van der Waals surface area contributed by atoms with E-state index in [0.717, 1.165) is 33.6 Å². The predicted octanol–water partition coefficient (Wildman–Crippen LogP) is 4.09. The van der Waals surface area contributed by atoms with Gasteiger partial charge in [-0.05, 0) is 47.0 Å². The Morgan fingerprint density at radius 1 is 0.967 bits per heavy atom. The fourth-order valence-corrected chi connectivity index (χ4v) is 3.21. The molecule has 0 saturated carbocycles. The number of amides is 1. The van der Waals surface area contributed by atoms with Crippen LogP contribution < -0.4 is 10.1 Å². The van der Waals surface area contributed by atoms with Gasteiger partial charge in [0.25, 0.3) is 5.91 Å². The summed E-state index contributed by atoms with van der Waals surface area (Å²) in [5.41, 5.74) is 5.57. The lowest BCUT2D eigenvalue weighted by atomic mass is 10.0. The number of aryl methyl sites for hydroxylation is 1. The van der Waals surface area contributed by atoms with Crippen LogP contribution in [0.1, 0.15) is 15.9 Å². The van der Waals surface area contributed by atoms with Crippen LogP contribution in [0.4, 0.5) is 0 Å². The molecule has 1 amide bonds. The Morgan fingerprint density at radius 3 is 2.53 bits per heavy atom. The van der Waals surface area contributed by atoms with E-state index in [2.05, 4.69) is 15.4 Å². The minimum atomic E-state index is -0.126. The van der Waals surface area contributed by atoms with Gasteiger partial charge in [-0.15, -0.1) is 0 Å². The van der Waals surface area contributed by atoms with Crippen LogP contribution in [0.3, 0.4) is 0 Å². The van der Waals surface area contributed by atoms with Crippen molar-refractivity contribution in [1.29, 1.82) is 0 Å². The van der Waals surface area contributed by atoms with Crippen LogP contribution in [0, 0.1) is 0 Å². The quantitative estimate of drug-likeness (QED) is 0.531. The minimum absolute atomic E-state index is 0.126. The van der Waals surface area contributed by atoms with Gasteiger partial charge in [-0.3, -0.25) is 14.5 Å². The van der Waals surface area contributed by atoms with Gasteiger partial charge in [0.1, 0.15) is 5.75 Å². The van der Waals surface area contributed by atoms with Gasteiger partial charge < -0.3 is 10.1 Å².